The molecule has 0 bridgehead atoms. The second-order valence-corrected chi connectivity index (χ2v) is 15.8. The van der Waals surface area contributed by atoms with E-state index < -0.39 is 17.0 Å². The van der Waals surface area contributed by atoms with Gasteiger partial charge in [-0.3, -0.25) is 0 Å². The first-order valence-corrected chi connectivity index (χ1v) is 18.5. The van der Waals surface area contributed by atoms with Crippen molar-refractivity contribution in [3.05, 3.63) is 27.8 Å². The Morgan fingerprint density at radius 2 is 1.90 bits per heavy atom. The summed E-state index contributed by atoms with van der Waals surface area (Å²) in [5, 5.41) is 14.3. The van der Waals surface area contributed by atoms with Crippen molar-refractivity contribution in [2.24, 2.45) is 10.9 Å². The predicted octanol–water partition coefficient (Wildman–Crippen LogP) is 3.44. The third kappa shape index (κ3) is 8.82. The van der Waals surface area contributed by atoms with Crippen molar-refractivity contribution in [3.8, 4) is 6.07 Å². The molecule has 0 unspecified atom stereocenters. The molecular formula is C35H52N10O5S. The van der Waals surface area contributed by atoms with Crippen molar-refractivity contribution in [3.63, 3.8) is 0 Å². The summed E-state index contributed by atoms with van der Waals surface area (Å²) in [6, 6.07) is 4.02. The summed E-state index contributed by atoms with van der Waals surface area (Å²) < 4.78 is 10.9. The van der Waals surface area contributed by atoms with Gasteiger partial charge in [0.25, 0.3) is 0 Å². The SMILES string of the molecule is COCCCN1CCCN(c2nc(/C(N)=N/OC(=O)[C@@]3(C)CCCc4sc(N)c(C#N)c43)cc(N3CCN(C(=O)OC(C)(C)C)CC3)n2)[C@@H](C)C1. The van der Waals surface area contributed by atoms with Crippen molar-refractivity contribution in [2.45, 2.75) is 83.8 Å². The number of methoxy groups -OCH3 is 1. The Bertz CT molecular complexity index is 1640. The fraction of sp³-hybridized carbons (Fsp3) is 0.657. The highest BCUT2D eigenvalue weighted by atomic mass is 32.1. The lowest BCUT2D eigenvalue weighted by Gasteiger charge is -2.36. The minimum atomic E-state index is -1.09. The third-order valence-electron chi connectivity index (χ3n) is 9.66. The lowest BCUT2D eigenvalue weighted by molar-refractivity contribution is -0.150. The van der Waals surface area contributed by atoms with Gasteiger partial charge in [0.1, 0.15) is 28.2 Å². The van der Waals surface area contributed by atoms with Gasteiger partial charge in [-0.1, -0.05) is 5.16 Å². The van der Waals surface area contributed by atoms with E-state index >= 15 is 0 Å². The number of amidine groups is 1. The molecule has 1 aliphatic carbocycles. The number of oxime groups is 1. The van der Waals surface area contributed by atoms with Gasteiger partial charge in [0.2, 0.25) is 5.95 Å². The van der Waals surface area contributed by atoms with E-state index in [1.807, 2.05) is 20.8 Å². The fourth-order valence-electron chi connectivity index (χ4n) is 7.01. The molecule has 15 nitrogen and oxygen atoms in total. The number of nitriles is 1. The number of aromatic nitrogens is 2. The molecule has 4 heterocycles. The number of thiophene rings is 1. The number of fused-ring (bicyclic) bond motifs is 1. The predicted molar refractivity (Wildman–Crippen MR) is 197 cm³/mol. The number of carbonyl (C=O) groups excluding carboxylic acids is 2. The highest BCUT2D eigenvalue weighted by Gasteiger charge is 2.45. The molecule has 2 aromatic heterocycles. The van der Waals surface area contributed by atoms with Crippen LogP contribution in [-0.4, -0.2) is 115 Å². The van der Waals surface area contributed by atoms with Crippen LogP contribution in [0.4, 0.5) is 21.6 Å². The largest absolute Gasteiger partial charge is 0.444 e. The lowest BCUT2D eigenvalue weighted by atomic mass is 9.72. The molecule has 16 heteroatoms. The van der Waals surface area contributed by atoms with Crippen LogP contribution in [0.15, 0.2) is 11.2 Å². The van der Waals surface area contributed by atoms with Gasteiger partial charge in [-0.2, -0.15) is 10.2 Å². The van der Waals surface area contributed by atoms with Crippen LogP contribution < -0.4 is 21.3 Å². The summed E-state index contributed by atoms with van der Waals surface area (Å²) in [5.74, 6) is 0.453. The Balaban J connectivity index is 1.41. The van der Waals surface area contributed by atoms with E-state index in [-0.39, 0.29) is 18.0 Å². The van der Waals surface area contributed by atoms with Crippen molar-refractivity contribution >= 4 is 46.0 Å². The molecule has 0 saturated carbocycles. The van der Waals surface area contributed by atoms with Gasteiger partial charge in [-0.05, 0) is 73.3 Å². The third-order valence-corrected chi connectivity index (χ3v) is 10.7. The first-order chi connectivity index (χ1) is 24.2. The normalized spacial score (nSPS) is 21.9. The van der Waals surface area contributed by atoms with E-state index in [2.05, 4.69) is 32.8 Å². The number of nitrogens with zero attached hydrogens (tertiary/aromatic N) is 8. The summed E-state index contributed by atoms with van der Waals surface area (Å²) in [5.41, 5.74) is 12.3. The average Bonchev–Trinajstić information content (AvgIpc) is 3.32. The Kier molecular flexibility index (Phi) is 11.9. The fourth-order valence-corrected chi connectivity index (χ4v) is 8.20. The van der Waals surface area contributed by atoms with Crippen molar-refractivity contribution in [2.75, 3.05) is 81.6 Å². The van der Waals surface area contributed by atoms with Gasteiger partial charge in [0.05, 0.1) is 11.0 Å². The molecule has 2 aliphatic heterocycles. The molecule has 2 aromatic rings. The molecule has 0 aromatic carbocycles. The number of carbonyl (C=O) groups is 2. The van der Waals surface area contributed by atoms with Gasteiger partial charge in [-0.25, -0.2) is 14.6 Å². The van der Waals surface area contributed by atoms with Crippen LogP contribution >= 0.6 is 11.3 Å². The standard InChI is InChI=1S/C35H52N10O5S/c1-23-22-42(13-9-19-48-6)12-8-14-45(23)32-39-25(20-27(40-32)43-15-17-44(18-16-43)33(47)49-34(2,3)4)29(37)41-50-31(46)35(5)11-7-10-26-28(35)24(21-36)30(38)51-26/h20,23H,7-19,22,38H2,1-6H3,(H2,37,41)/t23-,35-/m0/s1. The minimum absolute atomic E-state index is 0.0747. The smallest absolute Gasteiger partial charge is 0.410 e. The van der Waals surface area contributed by atoms with E-state index in [1.54, 1.807) is 25.0 Å². The zero-order chi connectivity index (χ0) is 36.9. The van der Waals surface area contributed by atoms with Crippen LogP contribution in [0.25, 0.3) is 0 Å². The second kappa shape index (κ2) is 16.0. The molecule has 2 fully saturated rings. The summed E-state index contributed by atoms with van der Waals surface area (Å²) in [6.07, 6.45) is 3.53. The topological polar surface area (TPSA) is 189 Å². The number of nitrogens with two attached hydrogens (primary N) is 2. The van der Waals surface area contributed by atoms with E-state index in [1.165, 1.54) is 11.3 Å². The highest BCUT2D eigenvalue weighted by molar-refractivity contribution is 7.16. The van der Waals surface area contributed by atoms with Crippen LogP contribution in [0, 0.1) is 11.3 Å². The molecule has 278 valence electrons. The maximum absolute atomic E-state index is 13.7. The number of hydrogen-bond donors (Lipinski definition) is 2. The second-order valence-electron chi connectivity index (χ2n) is 14.7. The molecule has 0 radical (unpaired) electrons. The zero-order valence-corrected chi connectivity index (χ0v) is 31.6. The number of anilines is 3. The van der Waals surface area contributed by atoms with Gasteiger partial charge < -0.3 is 45.4 Å². The Morgan fingerprint density at radius 3 is 2.59 bits per heavy atom. The number of amides is 1. The lowest BCUT2D eigenvalue weighted by Crippen LogP contribution is -2.50. The molecule has 0 spiro atoms. The Morgan fingerprint density at radius 1 is 1.16 bits per heavy atom. The van der Waals surface area contributed by atoms with Gasteiger partial charge in [-0.15, -0.1) is 11.3 Å². The first kappa shape index (κ1) is 38.0. The maximum Gasteiger partial charge on any atom is 0.410 e. The molecule has 5 rings (SSSR count). The Labute approximate surface area is 304 Å². The maximum atomic E-state index is 13.7. The number of nitrogen functional groups attached to an aromatic ring is 1. The molecule has 2 saturated heterocycles. The number of ether oxygens (including phenoxy) is 2. The van der Waals surface area contributed by atoms with Crippen LogP contribution in [0.2, 0.25) is 0 Å². The van der Waals surface area contributed by atoms with Crippen LogP contribution in [0.3, 0.4) is 0 Å². The van der Waals surface area contributed by atoms with Crippen LogP contribution in [-0.2, 0) is 30.9 Å². The van der Waals surface area contributed by atoms with Crippen molar-refractivity contribution in [1.29, 1.82) is 5.26 Å². The molecule has 1 amide bonds. The number of piperazine rings is 1. The summed E-state index contributed by atoms with van der Waals surface area (Å²) in [6.45, 7) is 15.6. The monoisotopic (exact) mass is 724 g/mol. The van der Waals surface area contributed by atoms with E-state index in [4.69, 9.17) is 35.7 Å². The summed E-state index contributed by atoms with van der Waals surface area (Å²) >= 11 is 1.35. The Hall–Kier alpha value is -4.20. The van der Waals surface area contributed by atoms with Crippen LogP contribution in [0.1, 0.15) is 82.0 Å². The van der Waals surface area contributed by atoms with E-state index in [9.17, 15) is 14.9 Å². The number of hydrogen-bond acceptors (Lipinski definition) is 14. The van der Waals surface area contributed by atoms with Gasteiger partial charge in [0, 0.05) is 82.1 Å². The first-order valence-electron chi connectivity index (χ1n) is 17.7. The quantitative estimate of drug-likeness (QED) is 0.126. The average molecular weight is 725 g/mol. The van der Waals surface area contributed by atoms with Gasteiger partial charge >= 0.3 is 12.1 Å². The molecule has 2 atom stereocenters. The summed E-state index contributed by atoms with van der Waals surface area (Å²) in [7, 11) is 1.72. The molecule has 3 aliphatic rings. The van der Waals surface area contributed by atoms with Gasteiger partial charge in [0.15, 0.2) is 5.84 Å². The van der Waals surface area contributed by atoms with Crippen molar-refractivity contribution in [1.82, 2.24) is 19.8 Å². The van der Waals surface area contributed by atoms with E-state index in [0.717, 1.165) is 56.7 Å². The highest BCUT2D eigenvalue weighted by Crippen LogP contribution is 2.46. The van der Waals surface area contributed by atoms with E-state index in [0.29, 0.717) is 72.8 Å². The molecular weight excluding hydrogens is 673 g/mol. The number of aryl methyl sites for hydroxylation is 1. The molecule has 51 heavy (non-hydrogen) atoms. The number of rotatable bonds is 9. The van der Waals surface area contributed by atoms with Crippen molar-refractivity contribution < 1.29 is 23.9 Å². The minimum Gasteiger partial charge on any atom is -0.444 e. The zero-order valence-electron chi connectivity index (χ0n) is 30.7. The molecule has 4 N–H and O–H groups in total. The van der Waals surface area contributed by atoms with Crippen LogP contribution in [0.5, 0.6) is 0 Å². The summed E-state index contributed by atoms with van der Waals surface area (Å²) in [4.78, 5) is 51.2.